The molecule has 1 aromatic heterocycles. The van der Waals surface area contributed by atoms with Crippen LogP contribution in [0.5, 0.6) is 0 Å². The van der Waals surface area contributed by atoms with E-state index < -0.39 is 0 Å². The molecular formula is C15H24N2O. The third-order valence-electron chi connectivity index (χ3n) is 4.53. The van der Waals surface area contributed by atoms with Crippen molar-refractivity contribution < 1.29 is 5.11 Å². The zero-order valence-corrected chi connectivity index (χ0v) is 11.3. The maximum atomic E-state index is 10.7. The molecule has 3 atom stereocenters. The smallest absolute Gasteiger partial charge is 0.0654 e. The van der Waals surface area contributed by atoms with E-state index in [9.17, 15) is 5.11 Å². The number of rotatable bonds is 4. The SMILES string of the molecule is CC1(C)CCCC1C(O)C(CN)c1cccnc1. The summed E-state index contributed by atoms with van der Waals surface area (Å²) in [5.74, 6) is 0.340. The van der Waals surface area contributed by atoms with Gasteiger partial charge >= 0.3 is 0 Å². The lowest BCUT2D eigenvalue weighted by atomic mass is 9.74. The molecule has 1 aliphatic rings. The van der Waals surface area contributed by atoms with E-state index in [1.807, 2.05) is 18.3 Å². The van der Waals surface area contributed by atoms with Gasteiger partial charge in [-0.1, -0.05) is 26.3 Å². The van der Waals surface area contributed by atoms with Gasteiger partial charge in [0, 0.05) is 24.9 Å². The van der Waals surface area contributed by atoms with Crippen molar-refractivity contribution >= 4 is 0 Å². The second-order valence-electron chi connectivity index (χ2n) is 6.11. The molecule has 1 heterocycles. The first-order valence-corrected chi connectivity index (χ1v) is 6.84. The van der Waals surface area contributed by atoms with Crippen molar-refractivity contribution in [2.75, 3.05) is 6.54 Å². The van der Waals surface area contributed by atoms with Crippen molar-refractivity contribution in [1.29, 1.82) is 0 Å². The van der Waals surface area contributed by atoms with Crippen LogP contribution in [0.3, 0.4) is 0 Å². The highest BCUT2D eigenvalue weighted by Crippen LogP contribution is 2.46. The highest BCUT2D eigenvalue weighted by atomic mass is 16.3. The molecule has 0 radical (unpaired) electrons. The Morgan fingerprint density at radius 3 is 2.83 bits per heavy atom. The molecule has 100 valence electrons. The van der Waals surface area contributed by atoms with Crippen LogP contribution < -0.4 is 5.73 Å². The van der Waals surface area contributed by atoms with Crippen LogP contribution in [0, 0.1) is 11.3 Å². The predicted molar refractivity (Wildman–Crippen MR) is 73.2 cm³/mol. The van der Waals surface area contributed by atoms with Gasteiger partial charge in [0.15, 0.2) is 0 Å². The maximum absolute atomic E-state index is 10.7. The van der Waals surface area contributed by atoms with Crippen LogP contribution in [0.25, 0.3) is 0 Å². The van der Waals surface area contributed by atoms with Gasteiger partial charge in [0.05, 0.1) is 6.10 Å². The van der Waals surface area contributed by atoms with Crippen LogP contribution in [0.4, 0.5) is 0 Å². The summed E-state index contributed by atoms with van der Waals surface area (Å²) in [4.78, 5) is 4.13. The number of hydrogen-bond acceptors (Lipinski definition) is 3. The minimum absolute atomic E-state index is 0.000995. The van der Waals surface area contributed by atoms with Gasteiger partial charge in [-0.15, -0.1) is 0 Å². The van der Waals surface area contributed by atoms with Crippen LogP contribution in [-0.4, -0.2) is 22.7 Å². The van der Waals surface area contributed by atoms with Gasteiger partial charge in [0.25, 0.3) is 0 Å². The van der Waals surface area contributed by atoms with Crippen molar-refractivity contribution in [3.63, 3.8) is 0 Å². The van der Waals surface area contributed by atoms with Gasteiger partial charge in [0.2, 0.25) is 0 Å². The van der Waals surface area contributed by atoms with E-state index >= 15 is 0 Å². The van der Waals surface area contributed by atoms with Gasteiger partial charge in [-0.05, 0) is 35.8 Å². The van der Waals surface area contributed by atoms with Gasteiger partial charge < -0.3 is 10.8 Å². The number of aromatic nitrogens is 1. The molecule has 3 unspecified atom stereocenters. The van der Waals surface area contributed by atoms with E-state index in [4.69, 9.17) is 5.73 Å². The first-order chi connectivity index (χ1) is 8.56. The maximum Gasteiger partial charge on any atom is 0.0654 e. The van der Waals surface area contributed by atoms with Crippen molar-refractivity contribution in [3.8, 4) is 0 Å². The van der Waals surface area contributed by atoms with Gasteiger partial charge in [0.1, 0.15) is 0 Å². The molecule has 2 rings (SSSR count). The number of aliphatic hydroxyl groups is 1. The fraction of sp³-hybridized carbons (Fsp3) is 0.667. The van der Waals surface area contributed by atoms with Crippen LogP contribution in [0.2, 0.25) is 0 Å². The number of aliphatic hydroxyl groups excluding tert-OH is 1. The Bertz CT molecular complexity index is 377. The summed E-state index contributed by atoms with van der Waals surface area (Å²) in [5, 5.41) is 10.7. The summed E-state index contributed by atoms with van der Waals surface area (Å²) in [6.07, 6.45) is 6.71. The molecule has 1 aromatic rings. The van der Waals surface area contributed by atoms with E-state index in [0.29, 0.717) is 12.5 Å². The highest BCUT2D eigenvalue weighted by molar-refractivity contribution is 5.18. The molecule has 3 nitrogen and oxygen atoms in total. The first kappa shape index (κ1) is 13.5. The molecule has 3 heteroatoms. The Morgan fingerprint density at radius 2 is 2.33 bits per heavy atom. The topological polar surface area (TPSA) is 59.1 Å². The molecule has 0 aliphatic heterocycles. The molecule has 0 spiro atoms. The molecule has 1 aliphatic carbocycles. The third-order valence-corrected chi connectivity index (χ3v) is 4.53. The van der Waals surface area contributed by atoms with Crippen LogP contribution >= 0.6 is 0 Å². The zero-order valence-electron chi connectivity index (χ0n) is 11.3. The summed E-state index contributed by atoms with van der Waals surface area (Å²) in [7, 11) is 0. The van der Waals surface area contributed by atoms with Crippen molar-refractivity contribution in [2.24, 2.45) is 17.1 Å². The molecule has 0 aromatic carbocycles. The summed E-state index contributed by atoms with van der Waals surface area (Å²) in [6.45, 7) is 4.98. The number of pyridine rings is 1. The number of nitrogens with two attached hydrogens (primary N) is 1. The van der Waals surface area contributed by atoms with E-state index in [2.05, 4.69) is 18.8 Å². The summed E-state index contributed by atoms with van der Waals surface area (Å²) in [5.41, 5.74) is 7.14. The normalized spacial score (nSPS) is 25.9. The largest absolute Gasteiger partial charge is 0.392 e. The zero-order chi connectivity index (χ0) is 13.2. The first-order valence-electron chi connectivity index (χ1n) is 6.84. The molecular weight excluding hydrogens is 224 g/mol. The van der Waals surface area contributed by atoms with E-state index in [1.54, 1.807) is 6.20 Å². The number of hydrogen-bond donors (Lipinski definition) is 2. The Hall–Kier alpha value is -0.930. The Kier molecular flexibility index (Phi) is 4.03. The van der Waals surface area contributed by atoms with E-state index in [1.165, 1.54) is 12.8 Å². The van der Waals surface area contributed by atoms with Gasteiger partial charge in [-0.2, -0.15) is 0 Å². The molecule has 18 heavy (non-hydrogen) atoms. The minimum Gasteiger partial charge on any atom is -0.392 e. The van der Waals surface area contributed by atoms with E-state index in [-0.39, 0.29) is 17.4 Å². The second kappa shape index (κ2) is 5.37. The lowest BCUT2D eigenvalue weighted by Crippen LogP contribution is -2.37. The van der Waals surface area contributed by atoms with Crippen LogP contribution in [-0.2, 0) is 0 Å². The Balaban J connectivity index is 2.18. The highest BCUT2D eigenvalue weighted by Gasteiger charge is 2.41. The predicted octanol–water partition coefficient (Wildman–Crippen LogP) is 2.31. The number of nitrogens with zero attached hydrogens (tertiary/aromatic N) is 1. The summed E-state index contributed by atoms with van der Waals surface area (Å²) >= 11 is 0. The van der Waals surface area contributed by atoms with E-state index in [0.717, 1.165) is 12.0 Å². The molecule has 1 saturated carbocycles. The quantitative estimate of drug-likeness (QED) is 0.859. The monoisotopic (exact) mass is 248 g/mol. The summed E-state index contributed by atoms with van der Waals surface area (Å²) < 4.78 is 0. The molecule has 0 bridgehead atoms. The van der Waals surface area contributed by atoms with Crippen molar-refractivity contribution in [3.05, 3.63) is 30.1 Å². The average molecular weight is 248 g/mol. The summed E-state index contributed by atoms with van der Waals surface area (Å²) in [6, 6.07) is 3.92. The van der Waals surface area contributed by atoms with Crippen molar-refractivity contribution in [1.82, 2.24) is 4.98 Å². The fourth-order valence-corrected chi connectivity index (χ4v) is 3.34. The fourth-order valence-electron chi connectivity index (χ4n) is 3.34. The van der Waals surface area contributed by atoms with Gasteiger partial charge in [-0.3, -0.25) is 4.98 Å². The average Bonchev–Trinajstić information content (AvgIpc) is 2.71. The molecule has 0 saturated heterocycles. The lowest BCUT2D eigenvalue weighted by Gasteiger charge is -2.35. The van der Waals surface area contributed by atoms with Crippen molar-refractivity contribution in [2.45, 2.75) is 45.1 Å². The van der Waals surface area contributed by atoms with Crippen LogP contribution in [0.1, 0.15) is 44.6 Å². The molecule has 0 amide bonds. The molecule has 3 N–H and O–H groups in total. The second-order valence-corrected chi connectivity index (χ2v) is 6.11. The molecule has 1 fully saturated rings. The van der Waals surface area contributed by atoms with Crippen LogP contribution in [0.15, 0.2) is 24.5 Å². The standard InChI is InChI=1S/C15H24N2O/c1-15(2)7-3-6-13(15)14(18)12(9-16)11-5-4-8-17-10-11/h4-5,8,10,12-14,18H,3,6-7,9,16H2,1-2H3. The minimum atomic E-state index is -0.364. The Morgan fingerprint density at radius 1 is 1.56 bits per heavy atom. The Labute approximate surface area is 109 Å². The third kappa shape index (κ3) is 2.57. The van der Waals surface area contributed by atoms with Gasteiger partial charge in [-0.25, -0.2) is 0 Å². The lowest BCUT2D eigenvalue weighted by molar-refractivity contribution is 0.0345.